The maximum Gasteiger partial charge on any atom is 0.127 e. The fraction of sp³-hybridized carbons (Fsp3) is 0.588. The molecular weight excluding hydrogens is 287 g/mol. The van der Waals surface area contributed by atoms with E-state index in [1.165, 1.54) is 6.07 Å². The van der Waals surface area contributed by atoms with Gasteiger partial charge < -0.3 is 4.57 Å². The summed E-state index contributed by atoms with van der Waals surface area (Å²) in [6.07, 6.45) is 5.57. The van der Waals surface area contributed by atoms with Gasteiger partial charge in [0.25, 0.3) is 0 Å². The molecule has 0 N–H and O–H groups in total. The maximum absolute atomic E-state index is 13.7. The van der Waals surface area contributed by atoms with Gasteiger partial charge in [0.05, 0.1) is 16.4 Å². The monoisotopic (exact) mass is 310 g/mol. The van der Waals surface area contributed by atoms with Gasteiger partial charge in [-0.15, -0.1) is 11.6 Å². The first-order valence-electron chi connectivity index (χ1n) is 7.89. The molecule has 4 heteroatoms. The van der Waals surface area contributed by atoms with Crippen molar-refractivity contribution in [2.24, 2.45) is 0 Å². The van der Waals surface area contributed by atoms with E-state index in [1.54, 1.807) is 12.1 Å². The second-order valence-corrected chi connectivity index (χ2v) is 6.33. The fourth-order valence-corrected chi connectivity index (χ4v) is 3.08. The highest BCUT2D eigenvalue weighted by atomic mass is 35.5. The van der Waals surface area contributed by atoms with Crippen LogP contribution in [0.25, 0.3) is 11.0 Å². The molecule has 0 saturated carbocycles. The van der Waals surface area contributed by atoms with Gasteiger partial charge >= 0.3 is 0 Å². The Bertz CT molecular complexity index is 592. The molecule has 0 bridgehead atoms. The van der Waals surface area contributed by atoms with Crippen LogP contribution >= 0.6 is 11.6 Å². The van der Waals surface area contributed by atoms with Crippen LogP contribution < -0.4 is 0 Å². The molecule has 0 radical (unpaired) electrons. The van der Waals surface area contributed by atoms with Crippen LogP contribution in [0.5, 0.6) is 0 Å². The number of nitrogens with zero attached hydrogens (tertiary/aromatic N) is 2. The fourth-order valence-electron chi connectivity index (χ4n) is 2.92. The summed E-state index contributed by atoms with van der Waals surface area (Å²) in [5.74, 6) is 0.634. The number of halogens is 2. The molecule has 0 aliphatic carbocycles. The van der Waals surface area contributed by atoms with Gasteiger partial charge in [0.1, 0.15) is 11.6 Å². The van der Waals surface area contributed by atoms with E-state index >= 15 is 0 Å². The van der Waals surface area contributed by atoms with Crippen LogP contribution in [-0.2, 0) is 0 Å². The summed E-state index contributed by atoms with van der Waals surface area (Å²) in [7, 11) is 0. The van der Waals surface area contributed by atoms with Crippen molar-refractivity contribution in [1.82, 2.24) is 9.55 Å². The molecule has 2 rings (SSSR count). The van der Waals surface area contributed by atoms with Gasteiger partial charge in [-0.2, -0.15) is 0 Å². The summed E-state index contributed by atoms with van der Waals surface area (Å²) in [6, 6.07) is 5.13. The summed E-state index contributed by atoms with van der Waals surface area (Å²) in [5, 5.41) is -0.179. The van der Waals surface area contributed by atoms with Crippen molar-refractivity contribution in [2.45, 2.75) is 64.3 Å². The molecule has 1 aromatic carbocycles. The van der Waals surface area contributed by atoms with E-state index in [1.807, 2.05) is 6.92 Å². The topological polar surface area (TPSA) is 17.8 Å². The molecule has 116 valence electrons. The van der Waals surface area contributed by atoms with Gasteiger partial charge in [-0.3, -0.25) is 0 Å². The van der Waals surface area contributed by atoms with Crippen molar-refractivity contribution in [3.8, 4) is 0 Å². The molecule has 0 aliphatic rings. The van der Waals surface area contributed by atoms with Crippen molar-refractivity contribution in [3.05, 3.63) is 29.8 Å². The molecule has 2 aromatic rings. The van der Waals surface area contributed by atoms with Crippen LogP contribution in [0.2, 0.25) is 0 Å². The Kier molecular flexibility index (Phi) is 5.63. The zero-order valence-corrected chi connectivity index (χ0v) is 13.8. The standard InChI is InChI=1S/C17H24ClFN2/c1-4-6-8-14(7-5-2)21-16-11-13(19)9-10-15(16)20-17(21)12(3)18/h9-12,14H,4-8H2,1-3H3. The summed E-state index contributed by atoms with van der Waals surface area (Å²) in [6.45, 7) is 6.31. The minimum atomic E-state index is -0.219. The molecular formula is C17H24ClFN2. The number of hydrogen-bond donors (Lipinski definition) is 0. The molecule has 1 heterocycles. The highest BCUT2D eigenvalue weighted by Gasteiger charge is 2.21. The number of unbranched alkanes of at least 4 members (excludes halogenated alkanes) is 1. The lowest BCUT2D eigenvalue weighted by Crippen LogP contribution is -2.13. The molecule has 21 heavy (non-hydrogen) atoms. The summed E-state index contributed by atoms with van der Waals surface area (Å²) < 4.78 is 15.8. The second-order valence-electron chi connectivity index (χ2n) is 5.67. The quantitative estimate of drug-likeness (QED) is 0.573. The van der Waals surface area contributed by atoms with Gasteiger partial charge in [-0.05, 0) is 38.0 Å². The SMILES string of the molecule is CCCCC(CCC)n1c(C(C)Cl)nc2ccc(F)cc21. The van der Waals surface area contributed by atoms with E-state index in [-0.39, 0.29) is 11.2 Å². The molecule has 2 unspecified atom stereocenters. The minimum Gasteiger partial charge on any atom is -0.324 e. The lowest BCUT2D eigenvalue weighted by atomic mass is 10.0. The van der Waals surface area contributed by atoms with E-state index in [0.717, 1.165) is 49.0 Å². The molecule has 0 fully saturated rings. The van der Waals surface area contributed by atoms with E-state index < -0.39 is 0 Å². The number of benzene rings is 1. The lowest BCUT2D eigenvalue weighted by molar-refractivity contribution is 0.414. The molecule has 0 amide bonds. The molecule has 2 atom stereocenters. The van der Waals surface area contributed by atoms with Gasteiger partial charge in [0, 0.05) is 6.04 Å². The Hall–Kier alpha value is -1.09. The molecule has 0 saturated heterocycles. The zero-order valence-electron chi connectivity index (χ0n) is 13.1. The Morgan fingerprint density at radius 2 is 2.00 bits per heavy atom. The zero-order chi connectivity index (χ0) is 15.4. The van der Waals surface area contributed by atoms with Gasteiger partial charge in [-0.1, -0.05) is 33.1 Å². The number of imidazole rings is 1. The maximum atomic E-state index is 13.7. The predicted molar refractivity (Wildman–Crippen MR) is 87.4 cm³/mol. The third-order valence-corrected chi connectivity index (χ3v) is 4.11. The van der Waals surface area contributed by atoms with Crippen molar-refractivity contribution in [2.75, 3.05) is 0 Å². The van der Waals surface area contributed by atoms with Crippen LogP contribution in [0, 0.1) is 5.82 Å². The van der Waals surface area contributed by atoms with Crippen LogP contribution in [0.4, 0.5) is 4.39 Å². The molecule has 1 aromatic heterocycles. The summed E-state index contributed by atoms with van der Waals surface area (Å²) >= 11 is 6.32. The van der Waals surface area contributed by atoms with Crippen molar-refractivity contribution in [1.29, 1.82) is 0 Å². The summed E-state index contributed by atoms with van der Waals surface area (Å²) in [5.41, 5.74) is 1.70. The number of fused-ring (bicyclic) bond motifs is 1. The van der Waals surface area contributed by atoms with E-state index in [4.69, 9.17) is 11.6 Å². The summed E-state index contributed by atoms with van der Waals surface area (Å²) in [4.78, 5) is 4.63. The van der Waals surface area contributed by atoms with E-state index in [0.29, 0.717) is 6.04 Å². The molecule has 0 aliphatic heterocycles. The Labute approximate surface area is 131 Å². The Morgan fingerprint density at radius 3 is 2.62 bits per heavy atom. The van der Waals surface area contributed by atoms with Crippen LogP contribution in [-0.4, -0.2) is 9.55 Å². The van der Waals surface area contributed by atoms with E-state index in [2.05, 4.69) is 23.4 Å². The lowest BCUT2D eigenvalue weighted by Gasteiger charge is -2.22. The average molecular weight is 311 g/mol. The Morgan fingerprint density at radius 1 is 1.24 bits per heavy atom. The van der Waals surface area contributed by atoms with Crippen molar-refractivity contribution in [3.63, 3.8) is 0 Å². The van der Waals surface area contributed by atoms with Crippen LogP contribution in [0.3, 0.4) is 0 Å². The normalized spacial score (nSPS) is 14.5. The highest BCUT2D eigenvalue weighted by Crippen LogP contribution is 2.32. The van der Waals surface area contributed by atoms with Crippen LogP contribution in [0.1, 0.15) is 70.1 Å². The van der Waals surface area contributed by atoms with Crippen molar-refractivity contribution < 1.29 is 4.39 Å². The molecule has 2 nitrogen and oxygen atoms in total. The largest absolute Gasteiger partial charge is 0.324 e. The second kappa shape index (κ2) is 7.26. The predicted octanol–water partition coefficient (Wildman–Crippen LogP) is 6.01. The highest BCUT2D eigenvalue weighted by molar-refractivity contribution is 6.20. The van der Waals surface area contributed by atoms with Gasteiger partial charge in [-0.25, -0.2) is 9.37 Å². The average Bonchev–Trinajstić information content (AvgIpc) is 2.82. The number of alkyl halides is 1. The number of rotatable bonds is 7. The van der Waals surface area contributed by atoms with E-state index in [9.17, 15) is 4.39 Å². The Balaban J connectivity index is 2.55. The van der Waals surface area contributed by atoms with Gasteiger partial charge in [0.15, 0.2) is 0 Å². The van der Waals surface area contributed by atoms with Gasteiger partial charge in [0.2, 0.25) is 0 Å². The first kappa shape index (κ1) is 16.3. The van der Waals surface area contributed by atoms with Crippen LogP contribution in [0.15, 0.2) is 18.2 Å². The van der Waals surface area contributed by atoms with Crippen molar-refractivity contribution >= 4 is 22.6 Å². The first-order chi connectivity index (χ1) is 10.1. The minimum absolute atomic E-state index is 0.179. The third kappa shape index (κ3) is 3.57. The smallest absolute Gasteiger partial charge is 0.127 e. The number of hydrogen-bond acceptors (Lipinski definition) is 1. The first-order valence-corrected chi connectivity index (χ1v) is 8.33. The molecule has 0 spiro atoms. The number of aromatic nitrogens is 2. The third-order valence-electron chi connectivity index (χ3n) is 3.91.